The van der Waals surface area contributed by atoms with Crippen LogP contribution in [0.2, 0.25) is 0 Å². The van der Waals surface area contributed by atoms with Crippen LogP contribution < -0.4 is 0 Å². The molecule has 5 nitrogen and oxygen atoms in total. The normalized spacial score (nSPS) is 12.0. The van der Waals surface area contributed by atoms with E-state index in [2.05, 4.69) is 21.1 Å². The molecule has 0 radical (unpaired) electrons. The number of hydrogen-bond donors (Lipinski definition) is 1. The summed E-state index contributed by atoms with van der Waals surface area (Å²) in [6, 6.07) is 10.0. The molecule has 2 heterocycles. The van der Waals surface area contributed by atoms with Crippen LogP contribution >= 0.6 is 0 Å². The second kappa shape index (κ2) is 8.60. The molecule has 0 fully saturated rings. The Bertz CT molecular complexity index is 1390. The summed E-state index contributed by atoms with van der Waals surface area (Å²) in [4.78, 5) is 7.07. The Balaban J connectivity index is 0.00000306. The molecule has 166 valence electrons. The van der Waals surface area contributed by atoms with Crippen LogP contribution in [0.1, 0.15) is 37.6 Å². The van der Waals surface area contributed by atoms with Crippen molar-refractivity contribution in [2.45, 2.75) is 32.4 Å². The molecular formula is C23H20F4N5Na. The standard InChI is InChI=1S/C23H19F4N5.Na.H/c1-22(2,3)20-14(11-28)19(32(4)31-20)21-29-17-10-12(13-7-5-6-8-16(13)24)9-15(18(17)30-21)23(25,26)27;;/h5-10H,1-4H3,(H,29,30);;. The van der Waals surface area contributed by atoms with Gasteiger partial charge in [0, 0.05) is 18.0 Å². The topological polar surface area (TPSA) is 70.3 Å². The summed E-state index contributed by atoms with van der Waals surface area (Å²) in [5.74, 6) is -0.554. The Morgan fingerprint density at radius 3 is 2.33 bits per heavy atom. The van der Waals surface area contributed by atoms with E-state index in [0.29, 0.717) is 5.69 Å². The zero-order chi connectivity index (χ0) is 23.4. The number of nitriles is 1. The molecule has 2 aromatic heterocycles. The van der Waals surface area contributed by atoms with Crippen LogP contribution in [0.25, 0.3) is 33.7 Å². The first-order valence-electron chi connectivity index (χ1n) is 9.75. The molecular weight excluding hydrogens is 445 g/mol. The summed E-state index contributed by atoms with van der Waals surface area (Å²) in [6.45, 7) is 5.67. The zero-order valence-corrected chi connectivity index (χ0v) is 17.8. The molecule has 0 saturated heterocycles. The molecule has 2 aromatic carbocycles. The number of rotatable bonds is 2. The Morgan fingerprint density at radius 1 is 1.09 bits per heavy atom. The van der Waals surface area contributed by atoms with Gasteiger partial charge in [-0.1, -0.05) is 39.0 Å². The van der Waals surface area contributed by atoms with Gasteiger partial charge in [-0.15, -0.1) is 0 Å². The van der Waals surface area contributed by atoms with Crippen molar-refractivity contribution in [2.24, 2.45) is 7.05 Å². The number of nitrogens with zero attached hydrogens (tertiary/aromatic N) is 4. The number of hydrogen-bond acceptors (Lipinski definition) is 3. The summed E-state index contributed by atoms with van der Waals surface area (Å²) in [7, 11) is 1.61. The van der Waals surface area contributed by atoms with Crippen molar-refractivity contribution in [3.63, 3.8) is 0 Å². The molecule has 4 aromatic rings. The Morgan fingerprint density at radius 2 is 1.76 bits per heavy atom. The number of imidazole rings is 1. The number of H-pyrrole nitrogens is 1. The summed E-state index contributed by atoms with van der Waals surface area (Å²) < 4.78 is 57.4. The molecule has 0 saturated carbocycles. The maximum atomic E-state index is 14.3. The van der Waals surface area contributed by atoms with Crippen LogP contribution in [-0.2, 0) is 18.6 Å². The average molecular weight is 465 g/mol. The predicted octanol–water partition coefficient (Wildman–Crippen LogP) is 5.31. The summed E-state index contributed by atoms with van der Waals surface area (Å²) >= 11 is 0. The molecule has 0 unspecified atom stereocenters. The van der Waals surface area contributed by atoms with Crippen LogP contribution in [0.5, 0.6) is 0 Å². The van der Waals surface area contributed by atoms with E-state index < -0.39 is 23.0 Å². The summed E-state index contributed by atoms with van der Waals surface area (Å²) in [6.07, 6.45) is -4.70. The van der Waals surface area contributed by atoms with Gasteiger partial charge >= 0.3 is 35.7 Å². The fraction of sp³-hybridized carbons (Fsp3) is 0.261. The second-order valence-electron chi connectivity index (χ2n) is 8.54. The SMILES string of the molecule is Cn1nc(C(C)(C)C)c(C#N)c1-c1nc2cc(-c3ccccc3F)cc(C(F)(F)F)c2[nH]1.[NaH]. The summed E-state index contributed by atoms with van der Waals surface area (Å²) in [5.41, 5.74) is -0.520. The number of aromatic nitrogens is 4. The van der Waals surface area contributed by atoms with Crippen LogP contribution in [-0.4, -0.2) is 49.3 Å². The third-order valence-corrected chi connectivity index (χ3v) is 5.18. The summed E-state index contributed by atoms with van der Waals surface area (Å²) in [5, 5.41) is 14.2. The van der Waals surface area contributed by atoms with Crippen molar-refractivity contribution in [3.05, 3.63) is 59.0 Å². The van der Waals surface area contributed by atoms with Crippen molar-refractivity contribution in [2.75, 3.05) is 0 Å². The van der Waals surface area contributed by atoms with Gasteiger partial charge in [0.2, 0.25) is 0 Å². The van der Waals surface area contributed by atoms with Gasteiger partial charge in [0.15, 0.2) is 5.82 Å². The molecule has 0 atom stereocenters. The van der Waals surface area contributed by atoms with Crippen molar-refractivity contribution in [3.8, 4) is 28.7 Å². The molecule has 0 aliphatic heterocycles. The van der Waals surface area contributed by atoms with E-state index in [4.69, 9.17) is 0 Å². The van der Waals surface area contributed by atoms with Gasteiger partial charge in [-0.25, -0.2) is 9.37 Å². The number of benzene rings is 2. The Kier molecular flexibility index (Phi) is 6.50. The molecule has 0 amide bonds. The molecule has 0 aliphatic rings. The molecule has 0 bridgehead atoms. The number of alkyl halides is 3. The van der Waals surface area contributed by atoms with Gasteiger partial charge in [0.25, 0.3) is 0 Å². The number of halogens is 4. The van der Waals surface area contributed by atoms with Gasteiger partial charge in [-0.2, -0.15) is 23.5 Å². The van der Waals surface area contributed by atoms with Crippen LogP contribution in [0.3, 0.4) is 0 Å². The monoisotopic (exact) mass is 465 g/mol. The first-order chi connectivity index (χ1) is 14.9. The fourth-order valence-corrected chi connectivity index (χ4v) is 3.73. The first-order valence-corrected chi connectivity index (χ1v) is 9.75. The second-order valence-corrected chi connectivity index (χ2v) is 8.54. The van der Waals surface area contributed by atoms with Crippen LogP contribution in [0.15, 0.2) is 36.4 Å². The van der Waals surface area contributed by atoms with Gasteiger partial charge in [-0.05, 0) is 23.8 Å². The van der Waals surface area contributed by atoms with Crippen molar-refractivity contribution in [1.82, 2.24) is 19.7 Å². The van der Waals surface area contributed by atoms with Crippen molar-refractivity contribution >= 4 is 40.6 Å². The average Bonchev–Trinajstić information content (AvgIpc) is 3.26. The number of nitrogens with one attached hydrogen (secondary N) is 1. The van der Waals surface area contributed by atoms with Gasteiger partial charge in [0.05, 0.1) is 22.3 Å². The van der Waals surface area contributed by atoms with Crippen molar-refractivity contribution < 1.29 is 17.6 Å². The van der Waals surface area contributed by atoms with E-state index >= 15 is 0 Å². The molecule has 0 spiro atoms. The van der Waals surface area contributed by atoms with E-state index in [-0.39, 0.29) is 68.8 Å². The zero-order valence-electron chi connectivity index (χ0n) is 17.8. The van der Waals surface area contributed by atoms with Gasteiger partial charge < -0.3 is 4.98 Å². The fourth-order valence-electron chi connectivity index (χ4n) is 3.73. The third-order valence-electron chi connectivity index (χ3n) is 5.18. The maximum absolute atomic E-state index is 14.3. The minimum atomic E-state index is -4.70. The molecule has 33 heavy (non-hydrogen) atoms. The molecule has 1 N–H and O–H groups in total. The third kappa shape index (κ3) is 4.43. The van der Waals surface area contributed by atoms with E-state index in [9.17, 15) is 22.8 Å². The van der Waals surface area contributed by atoms with Gasteiger partial charge in [-0.3, -0.25) is 4.68 Å². The van der Waals surface area contributed by atoms with Gasteiger partial charge in [0.1, 0.15) is 23.1 Å². The minimum absolute atomic E-state index is 0. The van der Waals surface area contributed by atoms with Crippen LogP contribution in [0.4, 0.5) is 17.6 Å². The Hall–Kier alpha value is -2.67. The molecule has 4 rings (SSSR count). The Labute approximate surface area is 209 Å². The van der Waals surface area contributed by atoms with Crippen LogP contribution in [0, 0.1) is 17.1 Å². The van der Waals surface area contributed by atoms with E-state index in [1.54, 1.807) is 13.1 Å². The van der Waals surface area contributed by atoms with E-state index in [0.717, 1.165) is 6.07 Å². The molecule has 10 heteroatoms. The predicted molar refractivity (Wildman–Crippen MR) is 119 cm³/mol. The van der Waals surface area contributed by atoms with E-state index in [1.165, 1.54) is 28.9 Å². The number of aryl methyl sites for hydroxylation is 1. The number of aromatic amines is 1. The first kappa shape index (κ1) is 25.0. The number of fused-ring (bicyclic) bond motifs is 1. The van der Waals surface area contributed by atoms with E-state index in [1.807, 2.05) is 20.8 Å². The molecule has 0 aliphatic carbocycles. The van der Waals surface area contributed by atoms with Crippen molar-refractivity contribution in [1.29, 1.82) is 5.26 Å². The quantitative estimate of drug-likeness (QED) is 0.322.